The van der Waals surface area contributed by atoms with Crippen LogP contribution in [0.5, 0.6) is 0 Å². The normalized spacial score (nSPS) is 11.5. The summed E-state index contributed by atoms with van der Waals surface area (Å²) in [7, 11) is 0. The van der Waals surface area contributed by atoms with E-state index in [1.807, 2.05) is 36.4 Å². The van der Waals surface area contributed by atoms with Crippen LogP contribution in [0.2, 0.25) is 0 Å². The Morgan fingerprint density at radius 1 is 0.955 bits per heavy atom. The number of para-hydroxylation sites is 4. The third-order valence-electron chi connectivity index (χ3n) is 3.88. The van der Waals surface area contributed by atoms with Crippen LogP contribution in [0.25, 0.3) is 22.1 Å². The number of hydrogen-bond donors (Lipinski definition) is 1. The third-order valence-corrected chi connectivity index (χ3v) is 4.59. The molecule has 0 saturated carbocycles. The summed E-state index contributed by atoms with van der Waals surface area (Å²) in [5.74, 6) is 0. The van der Waals surface area contributed by atoms with Crippen molar-refractivity contribution in [2.45, 2.75) is 18.2 Å². The van der Waals surface area contributed by atoms with Gasteiger partial charge in [0.2, 0.25) is 0 Å². The summed E-state index contributed by atoms with van der Waals surface area (Å²) in [6.07, 6.45) is 0. The molecule has 4 rings (SSSR count). The van der Waals surface area contributed by atoms with E-state index in [-0.39, 0.29) is 0 Å². The average Bonchev–Trinajstić information content (AvgIpc) is 3.01. The quantitative estimate of drug-likeness (QED) is 0.464. The molecule has 0 saturated heterocycles. The number of hydrogen-bond acceptors (Lipinski definition) is 2. The SMILES string of the molecule is S=c1[nH]c2ccccc2n1CCn1c([SH2+])nc2ccccc21. The van der Waals surface area contributed by atoms with Crippen LogP contribution in [0.3, 0.4) is 0 Å². The molecule has 0 aliphatic heterocycles. The molecule has 110 valence electrons. The number of rotatable bonds is 3. The Labute approximate surface area is 137 Å². The lowest BCUT2D eigenvalue weighted by molar-refractivity contribution is 0.563. The van der Waals surface area contributed by atoms with Crippen molar-refractivity contribution in [3.63, 3.8) is 0 Å². The van der Waals surface area contributed by atoms with E-state index < -0.39 is 0 Å². The zero-order valence-electron chi connectivity index (χ0n) is 11.8. The lowest BCUT2D eigenvalue weighted by Crippen LogP contribution is -2.08. The lowest BCUT2D eigenvalue weighted by Gasteiger charge is -2.06. The minimum atomic E-state index is 0.751. The van der Waals surface area contributed by atoms with Crippen LogP contribution < -0.4 is 0 Å². The van der Waals surface area contributed by atoms with Gasteiger partial charge in [-0.15, -0.1) is 0 Å². The van der Waals surface area contributed by atoms with Gasteiger partial charge in [0.15, 0.2) is 4.77 Å². The Balaban J connectivity index is 1.73. The first-order valence-corrected chi connectivity index (χ1v) is 7.99. The maximum atomic E-state index is 5.45. The molecular formula is C16H15N4S2+. The van der Waals surface area contributed by atoms with Gasteiger partial charge in [0.1, 0.15) is 0 Å². The van der Waals surface area contributed by atoms with Crippen LogP contribution >= 0.6 is 12.2 Å². The van der Waals surface area contributed by atoms with Crippen LogP contribution in [-0.2, 0) is 25.7 Å². The molecule has 0 aliphatic rings. The second kappa shape index (κ2) is 5.30. The Kier molecular flexibility index (Phi) is 3.28. The van der Waals surface area contributed by atoms with Gasteiger partial charge in [0.25, 0.3) is 0 Å². The van der Waals surface area contributed by atoms with Crippen LogP contribution in [0, 0.1) is 4.77 Å². The largest absolute Gasteiger partial charge is 0.331 e. The molecule has 0 amide bonds. The fraction of sp³-hybridized carbons (Fsp3) is 0.125. The highest BCUT2D eigenvalue weighted by Gasteiger charge is 2.12. The molecule has 2 aromatic carbocycles. The average molecular weight is 327 g/mol. The molecule has 2 aromatic heterocycles. The summed E-state index contributed by atoms with van der Waals surface area (Å²) in [5.41, 5.74) is 4.32. The number of imidazole rings is 2. The lowest BCUT2D eigenvalue weighted by atomic mass is 10.3. The molecule has 22 heavy (non-hydrogen) atoms. The van der Waals surface area contributed by atoms with Crippen LogP contribution in [-0.4, -0.2) is 19.1 Å². The zero-order chi connectivity index (χ0) is 15.1. The molecule has 2 heterocycles. The van der Waals surface area contributed by atoms with E-state index in [0.717, 1.165) is 45.1 Å². The second-order valence-corrected chi connectivity index (χ2v) is 6.01. The summed E-state index contributed by atoms with van der Waals surface area (Å²) in [6.45, 7) is 1.59. The van der Waals surface area contributed by atoms with Crippen molar-refractivity contribution in [2.24, 2.45) is 0 Å². The molecule has 1 N–H and O–H groups in total. The topological polar surface area (TPSA) is 38.5 Å². The second-order valence-electron chi connectivity index (χ2n) is 5.17. The van der Waals surface area contributed by atoms with Gasteiger partial charge in [-0.25, -0.2) is 0 Å². The van der Waals surface area contributed by atoms with E-state index in [9.17, 15) is 0 Å². The van der Waals surface area contributed by atoms with Crippen LogP contribution in [0.1, 0.15) is 0 Å². The van der Waals surface area contributed by atoms with Crippen LogP contribution in [0.15, 0.2) is 53.7 Å². The van der Waals surface area contributed by atoms with Gasteiger partial charge in [-0.1, -0.05) is 24.3 Å². The first-order chi connectivity index (χ1) is 10.7. The van der Waals surface area contributed by atoms with Crippen molar-refractivity contribution in [1.29, 1.82) is 0 Å². The maximum Gasteiger partial charge on any atom is 0.321 e. The summed E-state index contributed by atoms with van der Waals surface area (Å²) in [6, 6.07) is 16.3. The highest BCUT2D eigenvalue weighted by molar-refractivity contribution is 7.71. The minimum Gasteiger partial charge on any atom is -0.331 e. The van der Waals surface area contributed by atoms with E-state index >= 15 is 0 Å². The van der Waals surface area contributed by atoms with Gasteiger partial charge in [0.05, 0.1) is 22.1 Å². The molecule has 0 fully saturated rings. The van der Waals surface area contributed by atoms with Gasteiger partial charge in [-0.2, -0.15) is 4.98 Å². The first kappa shape index (κ1) is 13.6. The molecule has 0 radical (unpaired) electrons. The fourth-order valence-corrected chi connectivity index (χ4v) is 3.48. The van der Waals surface area contributed by atoms with Gasteiger partial charge in [-0.05, 0) is 36.5 Å². The van der Waals surface area contributed by atoms with Crippen LogP contribution in [0.4, 0.5) is 0 Å². The van der Waals surface area contributed by atoms with E-state index in [1.165, 1.54) is 0 Å². The summed E-state index contributed by atoms with van der Waals surface area (Å²) in [5, 5.41) is 0.840. The number of aromatic amines is 1. The number of nitrogens with zero attached hydrogens (tertiary/aromatic N) is 3. The molecule has 4 aromatic rings. The van der Waals surface area contributed by atoms with E-state index in [2.05, 4.69) is 43.9 Å². The minimum absolute atomic E-state index is 0.751. The number of H-pyrrole nitrogens is 1. The van der Waals surface area contributed by atoms with Crippen molar-refractivity contribution in [2.75, 3.05) is 0 Å². The van der Waals surface area contributed by atoms with Gasteiger partial charge >= 0.3 is 5.16 Å². The molecular weight excluding hydrogens is 312 g/mol. The van der Waals surface area contributed by atoms with Gasteiger partial charge in [0, 0.05) is 25.7 Å². The van der Waals surface area contributed by atoms with E-state index in [0.29, 0.717) is 0 Å². The standard InChI is InChI=1S/C16H14N4S2/c21-15-17-11-5-1-3-7-13(11)19(15)9-10-20-14-8-4-2-6-12(14)18-16(20)22/h1-8H,9-10H2,(H,17,21)(H,18,22)/p+1. The van der Waals surface area contributed by atoms with E-state index in [1.54, 1.807) is 0 Å². The number of fused-ring (bicyclic) bond motifs is 2. The summed E-state index contributed by atoms with van der Waals surface area (Å²) >= 11 is 9.05. The number of aryl methyl sites for hydroxylation is 2. The third kappa shape index (κ3) is 2.15. The predicted octanol–water partition coefficient (Wildman–Crippen LogP) is 3.12. The van der Waals surface area contributed by atoms with Crippen molar-refractivity contribution in [3.05, 3.63) is 53.3 Å². The first-order valence-electron chi connectivity index (χ1n) is 7.08. The van der Waals surface area contributed by atoms with Crippen molar-refractivity contribution in [3.8, 4) is 0 Å². The Morgan fingerprint density at radius 3 is 2.50 bits per heavy atom. The Hall–Kier alpha value is -2.05. The van der Waals surface area contributed by atoms with E-state index in [4.69, 9.17) is 12.2 Å². The monoisotopic (exact) mass is 327 g/mol. The smallest absolute Gasteiger partial charge is 0.321 e. The zero-order valence-corrected chi connectivity index (χ0v) is 13.6. The molecule has 4 nitrogen and oxygen atoms in total. The molecule has 6 heteroatoms. The van der Waals surface area contributed by atoms with Crippen molar-refractivity contribution < 1.29 is 0 Å². The number of nitrogens with one attached hydrogen (secondary N) is 1. The Bertz CT molecular complexity index is 1030. The Morgan fingerprint density at radius 2 is 1.64 bits per heavy atom. The molecule has 0 spiro atoms. The highest BCUT2D eigenvalue weighted by Crippen LogP contribution is 2.18. The van der Waals surface area contributed by atoms with Crippen molar-refractivity contribution in [1.82, 2.24) is 19.1 Å². The summed E-state index contributed by atoms with van der Waals surface area (Å²) < 4.78 is 5.04. The number of benzene rings is 2. The fourth-order valence-electron chi connectivity index (χ4n) is 2.83. The van der Waals surface area contributed by atoms with Gasteiger partial charge < -0.3 is 9.55 Å². The highest BCUT2D eigenvalue weighted by atomic mass is 32.1. The molecule has 0 bridgehead atoms. The van der Waals surface area contributed by atoms with Crippen molar-refractivity contribution >= 4 is 46.9 Å². The predicted molar refractivity (Wildman–Crippen MR) is 95.3 cm³/mol. The maximum absolute atomic E-state index is 5.45. The number of aromatic nitrogens is 4. The molecule has 0 atom stereocenters. The van der Waals surface area contributed by atoms with Gasteiger partial charge in [-0.3, -0.25) is 4.57 Å². The summed E-state index contributed by atoms with van der Waals surface area (Å²) in [4.78, 5) is 7.78. The molecule has 0 unspecified atom stereocenters. The molecule has 0 aliphatic carbocycles.